The second-order valence-electron chi connectivity index (χ2n) is 5.84. The molecule has 6 nitrogen and oxygen atoms in total. The predicted octanol–water partition coefficient (Wildman–Crippen LogP) is 3.61. The maximum absolute atomic E-state index is 12.2. The van der Waals surface area contributed by atoms with E-state index in [2.05, 4.69) is 15.4 Å². The molecule has 0 saturated carbocycles. The van der Waals surface area contributed by atoms with Gasteiger partial charge >= 0.3 is 0 Å². The van der Waals surface area contributed by atoms with Crippen LogP contribution in [0.25, 0.3) is 5.65 Å². The Labute approximate surface area is 154 Å². The van der Waals surface area contributed by atoms with E-state index in [0.717, 1.165) is 22.0 Å². The van der Waals surface area contributed by atoms with E-state index in [9.17, 15) is 4.79 Å². The normalized spacial score (nSPS) is 11.0. The van der Waals surface area contributed by atoms with E-state index in [1.165, 1.54) is 0 Å². The number of thioether (sulfide) groups is 1. The molecule has 4 aromatic rings. The molecule has 0 bridgehead atoms. The molecule has 1 amide bonds. The third-order valence-corrected chi connectivity index (χ3v) is 4.92. The highest BCUT2D eigenvalue weighted by atomic mass is 32.2. The number of imidazole rings is 1. The minimum atomic E-state index is -0.166. The summed E-state index contributed by atoms with van der Waals surface area (Å²) < 4.78 is 3.66. The van der Waals surface area contributed by atoms with Crippen molar-refractivity contribution >= 4 is 29.1 Å². The Bertz CT molecular complexity index is 1020. The third kappa shape index (κ3) is 3.62. The molecule has 3 heterocycles. The number of carbonyl (C=O) groups is 1. The molecule has 4 rings (SSSR count). The first-order valence-corrected chi connectivity index (χ1v) is 9.12. The fourth-order valence-corrected chi connectivity index (χ4v) is 3.37. The molecule has 1 aromatic carbocycles. The SMILES string of the molecule is Cn1ccc(NC(=O)c2ccc(SCc3cn4ccccc4n3)cc2)n1. The number of aromatic nitrogens is 4. The Balaban J connectivity index is 1.38. The minimum Gasteiger partial charge on any atom is -0.307 e. The van der Waals surface area contributed by atoms with Gasteiger partial charge in [0.2, 0.25) is 0 Å². The third-order valence-electron chi connectivity index (χ3n) is 3.87. The average Bonchev–Trinajstić information content (AvgIpc) is 3.25. The van der Waals surface area contributed by atoms with Gasteiger partial charge in [0.1, 0.15) is 5.65 Å². The van der Waals surface area contributed by atoms with Crippen molar-refractivity contribution in [1.29, 1.82) is 0 Å². The predicted molar refractivity (Wildman–Crippen MR) is 102 cm³/mol. The highest BCUT2D eigenvalue weighted by Gasteiger charge is 2.08. The summed E-state index contributed by atoms with van der Waals surface area (Å²) in [5.74, 6) is 1.16. The maximum atomic E-state index is 12.2. The Morgan fingerprint density at radius 1 is 1.12 bits per heavy atom. The highest BCUT2D eigenvalue weighted by Crippen LogP contribution is 2.23. The van der Waals surface area contributed by atoms with Crippen molar-refractivity contribution in [3.05, 3.63) is 78.4 Å². The Kier molecular flexibility index (Phi) is 4.45. The van der Waals surface area contributed by atoms with Crippen molar-refractivity contribution < 1.29 is 4.79 Å². The molecule has 0 saturated heterocycles. The molecule has 0 spiro atoms. The van der Waals surface area contributed by atoms with Crippen molar-refractivity contribution in [3.63, 3.8) is 0 Å². The molecule has 0 fully saturated rings. The van der Waals surface area contributed by atoms with Gasteiger partial charge in [-0.3, -0.25) is 9.48 Å². The van der Waals surface area contributed by atoms with Crippen LogP contribution in [0, 0.1) is 0 Å². The zero-order chi connectivity index (χ0) is 17.9. The number of amides is 1. The monoisotopic (exact) mass is 363 g/mol. The first-order valence-electron chi connectivity index (χ1n) is 8.14. The number of hydrogen-bond acceptors (Lipinski definition) is 4. The molecule has 0 aliphatic rings. The van der Waals surface area contributed by atoms with Crippen LogP contribution >= 0.6 is 11.8 Å². The zero-order valence-corrected chi connectivity index (χ0v) is 15.0. The molecule has 130 valence electrons. The van der Waals surface area contributed by atoms with Gasteiger partial charge in [-0.15, -0.1) is 11.8 Å². The van der Waals surface area contributed by atoms with Crippen molar-refractivity contribution in [2.75, 3.05) is 5.32 Å². The van der Waals surface area contributed by atoms with Gasteiger partial charge in [-0.25, -0.2) is 4.98 Å². The van der Waals surface area contributed by atoms with Crippen LogP contribution in [0.5, 0.6) is 0 Å². The summed E-state index contributed by atoms with van der Waals surface area (Å²) in [5.41, 5.74) is 2.58. The van der Waals surface area contributed by atoms with E-state index in [-0.39, 0.29) is 5.91 Å². The largest absolute Gasteiger partial charge is 0.307 e. The van der Waals surface area contributed by atoms with E-state index in [1.54, 1.807) is 28.7 Å². The van der Waals surface area contributed by atoms with Crippen LogP contribution in [0.3, 0.4) is 0 Å². The Morgan fingerprint density at radius 3 is 2.69 bits per heavy atom. The fourth-order valence-electron chi connectivity index (χ4n) is 2.59. The van der Waals surface area contributed by atoms with Gasteiger partial charge in [-0.1, -0.05) is 6.07 Å². The van der Waals surface area contributed by atoms with E-state index >= 15 is 0 Å². The van der Waals surface area contributed by atoms with Gasteiger partial charge in [0, 0.05) is 47.9 Å². The summed E-state index contributed by atoms with van der Waals surface area (Å²) in [6, 6.07) is 15.3. The van der Waals surface area contributed by atoms with Gasteiger partial charge < -0.3 is 9.72 Å². The summed E-state index contributed by atoms with van der Waals surface area (Å²) in [6.45, 7) is 0. The van der Waals surface area contributed by atoms with Crippen molar-refractivity contribution in [2.24, 2.45) is 7.05 Å². The molecule has 0 unspecified atom stereocenters. The number of anilines is 1. The molecule has 1 N–H and O–H groups in total. The first kappa shape index (κ1) is 16.4. The van der Waals surface area contributed by atoms with Crippen LogP contribution in [0.15, 0.2) is 72.0 Å². The van der Waals surface area contributed by atoms with Crippen LogP contribution in [0.2, 0.25) is 0 Å². The zero-order valence-electron chi connectivity index (χ0n) is 14.2. The lowest BCUT2D eigenvalue weighted by atomic mass is 10.2. The number of benzene rings is 1. The standard InChI is InChI=1S/C19H17N5OS/c1-23-11-9-17(22-23)21-19(25)14-5-7-16(8-6-14)26-13-15-12-24-10-3-2-4-18(24)20-15/h2-12H,13H2,1H3,(H,21,22,25). The second kappa shape index (κ2) is 7.05. The molecule has 26 heavy (non-hydrogen) atoms. The number of hydrogen-bond donors (Lipinski definition) is 1. The van der Waals surface area contributed by atoms with Gasteiger partial charge in [-0.05, 0) is 36.4 Å². The lowest BCUT2D eigenvalue weighted by Gasteiger charge is -2.04. The number of pyridine rings is 1. The lowest BCUT2D eigenvalue weighted by molar-refractivity contribution is 0.102. The van der Waals surface area contributed by atoms with E-state index < -0.39 is 0 Å². The number of rotatable bonds is 5. The molecule has 0 aliphatic heterocycles. The smallest absolute Gasteiger partial charge is 0.256 e. The van der Waals surface area contributed by atoms with Crippen LogP contribution in [-0.2, 0) is 12.8 Å². The number of aryl methyl sites for hydroxylation is 1. The van der Waals surface area contributed by atoms with Crippen LogP contribution in [0.1, 0.15) is 16.1 Å². The van der Waals surface area contributed by atoms with Gasteiger partial charge in [0.25, 0.3) is 5.91 Å². The van der Waals surface area contributed by atoms with Crippen LogP contribution in [-0.4, -0.2) is 25.1 Å². The quantitative estimate of drug-likeness (QED) is 0.550. The van der Waals surface area contributed by atoms with Crippen molar-refractivity contribution in [1.82, 2.24) is 19.2 Å². The minimum absolute atomic E-state index is 0.166. The number of fused-ring (bicyclic) bond motifs is 1. The molecule has 0 atom stereocenters. The summed E-state index contributed by atoms with van der Waals surface area (Å²) in [4.78, 5) is 17.9. The van der Waals surface area contributed by atoms with Crippen molar-refractivity contribution in [2.45, 2.75) is 10.6 Å². The molecular weight excluding hydrogens is 346 g/mol. The van der Waals surface area contributed by atoms with Gasteiger partial charge in [0.15, 0.2) is 5.82 Å². The molecular formula is C19H17N5OS. The second-order valence-corrected chi connectivity index (χ2v) is 6.89. The fraction of sp³-hybridized carbons (Fsp3) is 0.105. The highest BCUT2D eigenvalue weighted by molar-refractivity contribution is 7.98. The van der Waals surface area contributed by atoms with E-state index in [1.807, 2.05) is 66.3 Å². The van der Waals surface area contributed by atoms with Gasteiger partial charge in [0.05, 0.1) is 5.69 Å². The van der Waals surface area contributed by atoms with Crippen molar-refractivity contribution in [3.8, 4) is 0 Å². The summed E-state index contributed by atoms with van der Waals surface area (Å²) in [7, 11) is 1.81. The Morgan fingerprint density at radius 2 is 1.96 bits per heavy atom. The number of carbonyl (C=O) groups excluding carboxylic acids is 1. The van der Waals surface area contributed by atoms with E-state index in [0.29, 0.717) is 11.4 Å². The molecule has 3 aromatic heterocycles. The maximum Gasteiger partial charge on any atom is 0.256 e. The lowest BCUT2D eigenvalue weighted by Crippen LogP contribution is -2.12. The summed E-state index contributed by atoms with van der Waals surface area (Å²) >= 11 is 1.69. The average molecular weight is 363 g/mol. The number of nitrogens with one attached hydrogen (secondary N) is 1. The summed E-state index contributed by atoms with van der Waals surface area (Å²) in [6.07, 6.45) is 5.82. The van der Waals surface area contributed by atoms with Crippen LogP contribution in [0.4, 0.5) is 5.82 Å². The van der Waals surface area contributed by atoms with Crippen LogP contribution < -0.4 is 5.32 Å². The molecule has 0 aliphatic carbocycles. The van der Waals surface area contributed by atoms with Gasteiger partial charge in [-0.2, -0.15) is 5.10 Å². The Hall–Kier alpha value is -3.06. The number of nitrogens with zero attached hydrogens (tertiary/aromatic N) is 4. The summed E-state index contributed by atoms with van der Waals surface area (Å²) in [5, 5.41) is 6.93. The first-order chi connectivity index (χ1) is 12.7. The topological polar surface area (TPSA) is 64.2 Å². The molecule has 0 radical (unpaired) electrons. The van der Waals surface area contributed by atoms with E-state index in [4.69, 9.17) is 0 Å². The molecule has 7 heteroatoms.